The first kappa shape index (κ1) is 24.8. The molecule has 2 aromatic heterocycles. The van der Waals surface area contributed by atoms with Gasteiger partial charge in [-0.25, -0.2) is 14.6 Å². The van der Waals surface area contributed by atoms with Crippen LogP contribution in [0, 0.1) is 0 Å². The van der Waals surface area contributed by atoms with Crippen molar-refractivity contribution in [3.05, 3.63) is 82.2 Å². The summed E-state index contributed by atoms with van der Waals surface area (Å²) in [5.41, 5.74) is 4.49. The number of carbonyl (C=O) groups is 1. The molecule has 4 aromatic rings. The van der Waals surface area contributed by atoms with Crippen molar-refractivity contribution < 1.29 is 9.53 Å². The predicted molar refractivity (Wildman–Crippen MR) is 142 cm³/mol. The van der Waals surface area contributed by atoms with Crippen LogP contribution in [0.4, 0.5) is 0 Å². The van der Waals surface area contributed by atoms with Crippen molar-refractivity contribution >= 4 is 17.7 Å². The molecule has 190 valence electrons. The number of hydrogen-bond acceptors (Lipinski definition) is 7. The molecule has 0 aliphatic carbocycles. The summed E-state index contributed by atoms with van der Waals surface area (Å²) in [7, 11) is 1.35. The zero-order valence-electron chi connectivity index (χ0n) is 20.9. The molecule has 9 nitrogen and oxygen atoms in total. The van der Waals surface area contributed by atoms with Crippen molar-refractivity contribution in [2.45, 2.75) is 43.8 Å². The Morgan fingerprint density at radius 3 is 2.51 bits per heavy atom. The Balaban J connectivity index is 1.52. The summed E-state index contributed by atoms with van der Waals surface area (Å²) < 4.78 is 8.50. The van der Waals surface area contributed by atoms with E-state index in [4.69, 9.17) is 4.74 Å². The molecule has 1 aliphatic heterocycles. The molecule has 0 bridgehead atoms. The number of rotatable bonds is 8. The van der Waals surface area contributed by atoms with Gasteiger partial charge in [-0.05, 0) is 46.2 Å². The summed E-state index contributed by atoms with van der Waals surface area (Å²) in [5.74, 6) is 1.03. The largest absolute Gasteiger partial charge is 0.467 e. The number of hydrogen-bond donors (Lipinski definition) is 1. The Morgan fingerprint density at radius 2 is 1.84 bits per heavy atom. The fraction of sp³-hybridized carbons (Fsp3) is 0.296. The number of allylic oxidation sites excluding steroid dienone is 1. The lowest BCUT2D eigenvalue weighted by Crippen LogP contribution is -2.36. The Bertz CT molecular complexity index is 1490. The van der Waals surface area contributed by atoms with Gasteiger partial charge in [0.15, 0.2) is 11.9 Å². The number of H-pyrrole nitrogens is 1. The lowest BCUT2D eigenvalue weighted by Gasteiger charge is -2.26. The molecule has 5 rings (SSSR count). The number of methoxy groups -OCH3 is 1. The van der Waals surface area contributed by atoms with Gasteiger partial charge < -0.3 is 4.74 Å². The molecule has 2 aromatic carbocycles. The highest BCUT2D eigenvalue weighted by molar-refractivity contribution is 7.99. The van der Waals surface area contributed by atoms with Crippen molar-refractivity contribution in [3.8, 4) is 22.5 Å². The molecule has 10 heteroatoms. The third kappa shape index (κ3) is 4.64. The maximum atomic E-state index is 13.7. The standard InChI is InChI=1S/C27H28N6O3S/c1-4-15-37-26-22(25(34)33-23(27(35)36-3)14-9-17(2)32(26)33)16-18-10-12-19(13-11-18)20-7-5-6-8-21(20)24-28-30-31-29-24/h5-14,17,23H,4,15-16H2,1-3H3,(H,28,29,30,31). The smallest absolute Gasteiger partial charge is 0.334 e. The lowest BCUT2D eigenvalue weighted by atomic mass is 9.97. The van der Waals surface area contributed by atoms with Gasteiger partial charge in [0.1, 0.15) is 5.03 Å². The van der Waals surface area contributed by atoms with Crippen LogP contribution in [0.2, 0.25) is 0 Å². The maximum Gasteiger partial charge on any atom is 0.334 e. The summed E-state index contributed by atoms with van der Waals surface area (Å²) in [6, 6.07) is 15.3. The summed E-state index contributed by atoms with van der Waals surface area (Å²) in [4.78, 5) is 26.2. The van der Waals surface area contributed by atoms with Gasteiger partial charge in [-0.1, -0.05) is 67.6 Å². The fourth-order valence-corrected chi connectivity index (χ4v) is 5.78. The van der Waals surface area contributed by atoms with E-state index in [9.17, 15) is 9.59 Å². The normalized spacial score (nSPS) is 16.5. The quantitative estimate of drug-likeness (QED) is 0.210. The van der Waals surface area contributed by atoms with Crippen molar-refractivity contribution in [3.63, 3.8) is 0 Å². The van der Waals surface area contributed by atoms with E-state index in [2.05, 4.69) is 27.5 Å². The van der Waals surface area contributed by atoms with Crippen molar-refractivity contribution in [2.75, 3.05) is 12.9 Å². The Hall–Kier alpha value is -3.92. The lowest BCUT2D eigenvalue weighted by molar-refractivity contribution is -0.143. The minimum atomic E-state index is -0.770. The summed E-state index contributed by atoms with van der Waals surface area (Å²) in [5, 5.41) is 15.2. The van der Waals surface area contributed by atoms with Gasteiger partial charge in [0.05, 0.1) is 18.7 Å². The molecule has 0 radical (unpaired) electrons. The molecule has 0 fully saturated rings. The molecule has 2 atom stereocenters. The number of tetrazole rings is 1. The number of esters is 1. The van der Waals surface area contributed by atoms with E-state index in [0.717, 1.165) is 39.5 Å². The van der Waals surface area contributed by atoms with Gasteiger partial charge >= 0.3 is 5.97 Å². The van der Waals surface area contributed by atoms with Crippen LogP contribution in [0.3, 0.4) is 0 Å². The van der Waals surface area contributed by atoms with Gasteiger partial charge in [0.2, 0.25) is 0 Å². The molecular weight excluding hydrogens is 488 g/mol. The van der Waals surface area contributed by atoms with Crippen molar-refractivity contribution in [1.82, 2.24) is 30.0 Å². The van der Waals surface area contributed by atoms with Gasteiger partial charge in [0.25, 0.3) is 5.56 Å². The Morgan fingerprint density at radius 1 is 1.08 bits per heavy atom. The molecule has 0 saturated heterocycles. The van der Waals surface area contributed by atoms with Crippen LogP contribution in [0.15, 0.2) is 70.5 Å². The topological polar surface area (TPSA) is 108 Å². The van der Waals surface area contributed by atoms with E-state index in [1.807, 2.05) is 66.2 Å². The van der Waals surface area contributed by atoms with Crippen molar-refractivity contribution in [2.24, 2.45) is 0 Å². The maximum absolute atomic E-state index is 13.7. The van der Waals surface area contributed by atoms with E-state index in [0.29, 0.717) is 17.8 Å². The van der Waals surface area contributed by atoms with Gasteiger partial charge in [-0.2, -0.15) is 0 Å². The monoisotopic (exact) mass is 516 g/mol. The van der Waals surface area contributed by atoms with Crippen LogP contribution in [0.25, 0.3) is 22.5 Å². The van der Waals surface area contributed by atoms with Gasteiger partial charge in [-0.3, -0.25) is 9.48 Å². The van der Waals surface area contributed by atoms with Crippen LogP contribution in [-0.2, 0) is 16.0 Å². The second kappa shape index (κ2) is 10.6. The van der Waals surface area contributed by atoms with E-state index in [1.54, 1.807) is 22.5 Å². The zero-order valence-corrected chi connectivity index (χ0v) is 21.7. The van der Waals surface area contributed by atoms with Crippen LogP contribution in [-0.4, -0.2) is 48.8 Å². The summed E-state index contributed by atoms with van der Waals surface area (Å²) >= 11 is 1.66. The first-order chi connectivity index (χ1) is 18.0. The van der Waals surface area contributed by atoms with Crippen LogP contribution >= 0.6 is 11.8 Å². The third-order valence-electron chi connectivity index (χ3n) is 6.44. The minimum absolute atomic E-state index is 0.0498. The number of nitrogens with zero attached hydrogens (tertiary/aromatic N) is 5. The van der Waals surface area contributed by atoms with Crippen LogP contribution < -0.4 is 5.56 Å². The average Bonchev–Trinajstić information content (AvgIpc) is 3.56. The second-order valence-electron chi connectivity index (χ2n) is 8.89. The predicted octanol–water partition coefficient (Wildman–Crippen LogP) is 4.43. The van der Waals surface area contributed by atoms with E-state index < -0.39 is 12.0 Å². The number of fused-ring (bicyclic) bond motifs is 1. The van der Waals surface area contributed by atoms with Crippen LogP contribution in [0.1, 0.15) is 43.5 Å². The highest BCUT2D eigenvalue weighted by Crippen LogP contribution is 2.33. The number of aromatic nitrogens is 6. The number of nitrogens with one attached hydrogen (secondary N) is 1. The molecule has 37 heavy (non-hydrogen) atoms. The molecular formula is C27H28N6O3S. The van der Waals surface area contributed by atoms with E-state index in [1.165, 1.54) is 7.11 Å². The third-order valence-corrected chi connectivity index (χ3v) is 7.76. The molecule has 0 amide bonds. The summed E-state index contributed by atoms with van der Waals surface area (Å²) in [6.07, 6.45) is 5.15. The zero-order chi connectivity index (χ0) is 25.9. The highest BCUT2D eigenvalue weighted by Gasteiger charge is 2.32. The SMILES string of the molecule is CCCSc1c(Cc2ccc(-c3ccccc3-c3nnn[nH]3)cc2)c(=O)n2n1C(C)C=CC2C(=O)OC. The Labute approximate surface area is 218 Å². The first-order valence-electron chi connectivity index (χ1n) is 12.2. The van der Waals surface area contributed by atoms with Crippen molar-refractivity contribution in [1.29, 1.82) is 0 Å². The van der Waals surface area contributed by atoms with E-state index in [-0.39, 0.29) is 11.6 Å². The average molecular weight is 517 g/mol. The highest BCUT2D eigenvalue weighted by atomic mass is 32.2. The molecule has 0 spiro atoms. The number of aromatic amines is 1. The number of thioether (sulfide) groups is 1. The second-order valence-corrected chi connectivity index (χ2v) is 9.97. The van der Waals surface area contributed by atoms with Gasteiger partial charge in [0, 0.05) is 12.0 Å². The molecule has 3 heterocycles. The number of ether oxygens (including phenoxy) is 1. The molecule has 0 saturated carbocycles. The van der Waals surface area contributed by atoms with E-state index >= 15 is 0 Å². The fourth-order valence-electron chi connectivity index (χ4n) is 4.66. The molecule has 2 unspecified atom stereocenters. The van der Waals surface area contributed by atoms with Gasteiger partial charge in [-0.15, -0.1) is 16.9 Å². The molecule has 1 N–H and O–H groups in total. The number of carbonyl (C=O) groups excluding carboxylic acids is 1. The van der Waals surface area contributed by atoms with Crippen LogP contribution in [0.5, 0.6) is 0 Å². The molecule has 1 aliphatic rings. The minimum Gasteiger partial charge on any atom is -0.467 e. The summed E-state index contributed by atoms with van der Waals surface area (Å²) in [6.45, 7) is 4.14. The first-order valence-corrected chi connectivity index (χ1v) is 13.2. The Kier molecular flexibility index (Phi) is 7.09. The number of benzene rings is 2.